The van der Waals surface area contributed by atoms with Gasteiger partial charge in [0.25, 0.3) is 0 Å². The quantitative estimate of drug-likeness (QED) is 0.335. The third-order valence-electron chi connectivity index (χ3n) is 4.22. The van der Waals surface area contributed by atoms with Gasteiger partial charge in [-0.2, -0.15) is 0 Å². The molecule has 0 aliphatic carbocycles. The lowest BCUT2D eigenvalue weighted by atomic mass is 10.2. The van der Waals surface area contributed by atoms with Crippen LogP contribution in [0.2, 0.25) is 0 Å². The molecule has 3 aromatic rings. The molecule has 0 aliphatic rings. The molecule has 0 radical (unpaired) electrons. The summed E-state index contributed by atoms with van der Waals surface area (Å²) in [5.41, 5.74) is 2.58. The molecule has 0 heterocycles. The van der Waals surface area contributed by atoms with E-state index in [1.54, 1.807) is 0 Å². The van der Waals surface area contributed by atoms with Crippen LogP contribution in [0.4, 0.5) is 0 Å². The predicted octanol–water partition coefficient (Wildman–Crippen LogP) is 5.33. The molecule has 3 aromatic carbocycles. The summed E-state index contributed by atoms with van der Waals surface area (Å²) >= 11 is 0. The number of hydrogen-bond donors (Lipinski definition) is 0. The zero-order chi connectivity index (χ0) is 21.8. The summed E-state index contributed by atoms with van der Waals surface area (Å²) in [6.45, 7) is -0.224. The van der Waals surface area contributed by atoms with Crippen LogP contribution in [-0.4, -0.2) is 19.0 Å². The van der Waals surface area contributed by atoms with Crippen molar-refractivity contribution in [1.29, 1.82) is 0 Å². The van der Waals surface area contributed by atoms with Crippen LogP contribution in [0.3, 0.4) is 0 Å². The lowest BCUT2D eigenvalue weighted by Crippen LogP contribution is -2.16. The van der Waals surface area contributed by atoms with Gasteiger partial charge in [-0.25, -0.2) is 4.57 Å². The normalized spacial score (nSPS) is 11.4. The highest BCUT2D eigenvalue weighted by Crippen LogP contribution is 2.50. The molecule has 0 aromatic heterocycles. The van der Waals surface area contributed by atoms with E-state index in [0.29, 0.717) is 6.61 Å². The van der Waals surface area contributed by atoms with Gasteiger partial charge in [-0.3, -0.25) is 18.4 Å². The molecule has 0 aliphatic heterocycles. The standard InChI is InChI=1S/C24H25O6P/c25-24(19-27-16-21-10-4-1-5-11-21)20-30-31(26,28-17-22-12-6-2-7-13-22)29-18-23-14-8-3-9-15-23/h1-15H,16-20H2. The SMILES string of the molecule is O=C(COCc1ccccc1)COP(=O)(OCc1ccccc1)OCc1ccccc1. The minimum Gasteiger partial charge on any atom is -0.369 e. The molecule has 0 atom stereocenters. The zero-order valence-electron chi connectivity index (χ0n) is 17.1. The van der Waals surface area contributed by atoms with Crippen LogP contribution >= 0.6 is 7.82 Å². The van der Waals surface area contributed by atoms with Crippen LogP contribution in [0.15, 0.2) is 91.0 Å². The second kappa shape index (κ2) is 12.3. The summed E-state index contributed by atoms with van der Waals surface area (Å²) in [6, 6.07) is 28.0. The number of phosphoric ester groups is 1. The van der Waals surface area contributed by atoms with Crippen LogP contribution in [0.1, 0.15) is 16.7 Å². The molecule has 0 N–H and O–H groups in total. The van der Waals surface area contributed by atoms with Crippen molar-refractivity contribution in [2.75, 3.05) is 13.2 Å². The zero-order valence-corrected chi connectivity index (χ0v) is 18.0. The molecule has 7 heteroatoms. The summed E-state index contributed by atoms with van der Waals surface area (Å²) < 4.78 is 34.8. The Morgan fingerprint density at radius 1 is 0.581 bits per heavy atom. The number of ether oxygens (including phenoxy) is 1. The number of Topliss-reactive ketones (excluding diaryl/α,β-unsaturated/α-hetero) is 1. The first kappa shape index (κ1) is 23.1. The molecular formula is C24H25O6P. The third kappa shape index (κ3) is 8.58. The smallest absolute Gasteiger partial charge is 0.369 e. The first-order valence-electron chi connectivity index (χ1n) is 9.88. The lowest BCUT2D eigenvalue weighted by Gasteiger charge is -2.18. The van der Waals surface area contributed by atoms with Gasteiger partial charge in [0.1, 0.15) is 13.2 Å². The largest absolute Gasteiger partial charge is 0.475 e. The Balaban J connectivity index is 1.52. The van der Waals surface area contributed by atoms with Gasteiger partial charge in [0.05, 0.1) is 19.8 Å². The van der Waals surface area contributed by atoms with Gasteiger partial charge in [0.2, 0.25) is 0 Å². The first-order valence-corrected chi connectivity index (χ1v) is 11.3. The molecule has 0 fully saturated rings. The van der Waals surface area contributed by atoms with E-state index in [4.69, 9.17) is 18.3 Å². The number of ketones is 1. The van der Waals surface area contributed by atoms with Crippen LogP contribution < -0.4 is 0 Å². The molecule has 0 saturated heterocycles. The van der Waals surface area contributed by atoms with E-state index in [1.807, 2.05) is 91.0 Å². The van der Waals surface area contributed by atoms with Crippen LogP contribution in [0.25, 0.3) is 0 Å². The maximum atomic E-state index is 13.1. The second-order valence-electron chi connectivity index (χ2n) is 6.76. The highest BCUT2D eigenvalue weighted by molar-refractivity contribution is 7.48. The van der Waals surface area contributed by atoms with Gasteiger partial charge in [-0.05, 0) is 16.7 Å². The van der Waals surface area contributed by atoms with E-state index < -0.39 is 14.4 Å². The molecule has 6 nitrogen and oxygen atoms in total. The molecule has 162 valence electrons. The maximum absolute atomic E-state index is 13.1. The number of rotatable bonds is 13. The fourth-order valence-corrected chi connectivity index (χ4v) is 3.76. The molecule has 0 unspecified atom stereocenters. The minimum absolute atomic E-state index is 0.0333. The first-order chi connectivity index (χ1) is 15.1. The number of carbonyl (C=O) groups is 1. The predicted molar refractivity (Wildman–Crippen MR) is 117 cm³/mol. The monoisotopic (exact) mass is 440 g/mol. The second-order valence-corrected chi connectivity index (χ2v) is 8.42. The number of carbonyl (C=O) groups excluding carboxylic acids is 1. The van der Waals surface area contributed by atoms with Crippen LogP contribution in [0, 0.1) is 0 Å². The van der Waals surface area contributed by atoms with Crippen molar-refractivity contribution in [3.8, 4) is 0 Å². The molecule has 0 saturated carbocycles. The Hall–Kier alpha value is -2.60. The minimum atomic E-state index is -3.97. The van der Waals surface area contributed by atoms with Gasteiger partial charge in [0, 0.05) is 0 Å². The summed E-state index contributed by atoms with van der Waals surface area (Å²) in [4.78, 5) is 12.1. The number of phosphoric acid groups is 1. The van der Waals surface area contributed by atoms with Gasteiger partial charge >= 0.3 is 7.82 Å². The Morgan fingerprint density at radius 2 is 1.00 bits per heavy atom. The Morgan fingerprint density at radius 3 is 1.45 bits per heavy atom. The molecule has 3 rings (SSSR count). The third-order valence-corrected chi connectivity index (χ3v) is 5.56. The number of hydrogen-bond acceptors (Lipinski definition) is 6. The van der Waals surface area contributed by atoms with Crippen molar-refractivity contribution in [1.82, 2.24) is 0 Å². The van der Waals surface area contributed by atoms with E-state index in [2.05, 4.69) is 0 Å². The van der Waals surface area contributed by atoms with Crippen molar-refractivity contribution < 1.29 is 27.7 Å². The molecule has 0 amide bonds. The van der Waals surface area contributed by atoms with Crippen LogP contribution in [0.5, 0.6) is 0 Å². The fourth-order valence-electron chi connectivity index (χ4n) is 2.62. The molecule has 0 spiro atoms. The van der Waals surface area contributed by atoms with Crippen molar-refractivity contribution in [3.63, 3.8) is 0 Å². The number of benzene rings is 3. The fraction of sp³-hybridized carbons (Fsp3) is 0.208. The van der Waals surface area contributed by atoms with Crippen LogP contribution in [-0.2, 0) is 47.5 Å². The molecule has 31 heavy (non-hydrogen) atoms. The summed E-state index contributed by atoms with van der Waals surface area (Å²) in [7, 11) is -3.97. The topological polar surface area (TPSA) is 71.1 Å². The van der Waals surface area contributed by atoms with E-state index in [1.165, 1.54) is 0 Å². The van der Waals surface area contributed by atoms with Gasteiger partial charge in [-0.15, -0.1) is 0 Å². The highest BCUT2D eigenvalue weighted by Gasteiger charge is 2.28. The van der Waals surface area contributed by atoms with Gasteiger partial charge in [0.15, 0.2) is 5.78 Å². The summed E-state index contributed by atoms with van der Waals surface area (Å²) in [5, 5.41) is 0. The van der Waals surface area contributed by atoms with Gasteiger partial charge in [-0.1, -0.05) is 91.0 Å². The van der Waals surface area contributed by atoms with E-state index in [0.717, 1.165) is 16.7 Å². The van der Waals surface area contributed by atoms with Crippen molar-refractivity contribution in [2.24, 2.45) is 0 Å². The van der Waals surface area contributed by atoms with E-state index in [9.17, 15) is 9.36 Å². The molecule has 0 bridgehead atoms. The summed E-state index contributed by atoms with van der Waals surface area (Å²) in [6.07, 6.45) is 0. The maximum Gasteiger partial charge on any atom is 0.475 e. The Bertz CT molecular complexity index is 916. The van der Waals surface area contributed by atoms with Crippen molar-refractivity contribution in [3.05, 3.63) is 108 Å². The van der Waals surface area contributed by atoms with Crippen molar-refractivity contribution in [2.45, 2.75) is 19.8 Å². The highest BCUT2D eigenvalue weighted by atomic mass is 31.2. The Labute approximate surface area is 182 Å². The van der Waals surface area contributed by atoms with Crippen molar-refractivity contribution >= 4 is 13.6 Å². The van der Waals surface area contributed by atoms with E-state index >= 15 is 0 Å². The Kier molecular flexibility index (Phi) is 9.16. The van der Waals surface area contributed by atoms with Gasteiger partial charge < -0.3 is 4.74 Å². The average molecular weight is 440 g/mol. The summed E-state index contributed by atoms with van der Waals surface area (Å²) in [5.74, 6) is -0.359. The lowest BCUT2D eigenvalue weighted by molar-refractivity contribution is -0.126. The van der Waals surface area contributed by atoms with E-state index in [-0.39, 0.29) is 25.6 Å². The molecular weight excluding hydrogens is 415 g/mol. The average Bonchev–Trinajstić information content (AvgIpc) is 2.82.